The second kappa shape index (κ2) is 4.39. The summed E-state index contributed by atoms with van der Waals surface area (Å²) in [4.78, 5) is 4.35. The molecule has 0 aliphatic heterocycles. The van der Waals surface area contributed by atoms with E-state index in [1.807, 2.05) is 19.3 Å². The van der Waals surface area contributed by atoms with E-state index < -0.39 is 0 Å². The Morgan fingerprint density at radius 2 is 2.40 bits per heavy atom. The molecule has 0 saturated heterocycles. The SMILES string of the molecule is CCCc1nsc(Nc2ccn(C)n2)n1. The summed E-state index contributed by atoms with van der Waals surface area (Å²) < 4.78 is 5.99. The molecule has 2 rings (SSSR count). The molecular formula is C9H13N5S. The molecule has 0 aliphatic carbocycles. The molecular weight excluding hydrogens is 210 g/mol. The van der Waals surface area contributed by atoms with Crippen LogP contribution in [0.5, 0.6) is 0 Å². The molecule has 0 unspecified atom stereocenters. The highest BCUT2D eigenvalue weighted by molar-refractivity contribution is 7.09. The maximum absolute atomic E-state index is 4.35. The predicted octanol–water partition coefficient (Wildman–Crippen LogP) is 1.97. The Kier molecular flexibility index (Phi) is 2.96. The Labute approximate surface area is 92.3 Å². The van der Waals surface area contributed by atoms with E-state index in [1.54, 1.807) is 4.68 Å². The van der Waals surface area contributed by atoms with Crippen LogP contribution in [0.4, 0.5) is 10.9 Å². The van der Waals surface area contributed by atoms with Crippen molar-refractivity contribution in [1.29, 1.82) is 0 Å². The van der Waals surface area contributed by atoms with E-state index >= 15 is 0 Å². The van der Waals surface area contributed by atoms with Gasteiger partial charge >= 0.3 is 0 Å². The Bertz CT molecular complexity index is 433. The molecule has 1 N–H and O–H groups in total. The van der Waals surface area contributed by atoms with Crippen LogP contribution in [0.2, 0.25) is 0 Å². The summed E-state index contributed by atoms with van der Waals surface area (Å²) in [5, 5.41) is 8.13. The third-order valence-corrected chi connectivity index (χ3v) is 2.56. The molecule has 0 radical (unpaired) electrons. The molecule has 0 aromatic carbocycles. The molecule has 0 saturated carbocycles. The smallest absolute Gasteiger partial charge is 0.208 e. The first-order chi connectivity index (χ1) is 7.28. The minimum atomic E-state index is 0.802. The lowest BCUT2D eigenvalue weighted by Crippen LogP contribution is -1.93. The van der Waals surface area contributed by atoms with Crippen LogP contribution in [0.3, 0.4) is 0 Å². The first kappa shape index (κ1) is 10.1. The van der Waals surface area contributed by atoms with Crippen molar-refractivity contribution in [3.05, 3.63) is 18.1 Å². The van der Waals surface area contributed by atoms with Crippen molar-refractivity contribution < 1.29 is 0 Å². The van der Waals surface area contributed by atoms with E-state index in [0.29, 0.717) is 0 Å². The topological polar surface area (TPSA) is 55.6 Å². The molecule has 80 valence electrons. The molecule has 2 heterocycles. The zero-order chi connectivity index (χ0) is 10.7. The van der Waals surface area contributed by atoms with Gasteiger partial charge in [0, 0.05) is 37.3 Å². The van der Waals surface area contributed by atoms with Gasteiger partial charge in [0.2, 0.25) is 5.13 Å². The lowest BCUT2D eigenvalue weighted by molar-refractivity contribution is 0.771. The average Bonchev–Trinajstić information content (AvgIpc) is 2.78. The van der Waals surface area contributed by atoms with Gasteiger partial charge in [-0.05, 0) is 6.42 Å². The number of nitrogens with zero attached hydrogens (tertiary/aromatic N) is 4. The highest BCUT2D eigenvalue weighted by Crippen LogP contribution is 2.16. The molecule has 5 nitrogen and oxygen atoms in total. The third kappa shape index (κ3) is 2.53. The van der Waals surface area contributed by atoms with Crippen molar-refractivity contribution in [3.63, 3.8) is 0 Å². The summed E-state index contributed by atoms with van der Waals surface area (Å²) in [6, 6.07) is 1.90. The first-order valence-corrected chi connectivity index (χ1v) is 5.64. The van der Waals surface area contributed by atoms with Crippen LogP contribution < -0.4 is 5.32 Å². The Morgan fingerprint density at radius 3 is 3.07 bits per heavy atom. The lowest BCUT2D eigenvalue weighted by Gasteiger charge is -1.94. The number of hydrogen-bond acceptors (Lipinski definition) is 5. The Hall–Kier alpha value is -1.43. The number of anilines is 2. The molecule has 0 amide bonds. The number of rotatable bonds is 4. The summed E-state index contributed by atoms with van der Waals surface area (Å²) in [6.45, 7) is 2.12. The zero-order valence-corrected chi connectivity index (χ0v) is 9.58. The van der Waals surface area contributed by atoms with E-state index in [-0.39, 0.29) is 0 Å². The quantitative estimate of drug-likeness (QED) is 0.861. The maximum Gasteiger partial charge on any atom is 0.208 e. The standard InChI is InChI=1S/C9H13N5S/c1-3-4-8-11-9(15-13-8)10-7-5-6-14(2)12-7/h5-6H,3-4H2,1-2H3,(H,10,11,12,13). The van der Waals surface area contributed by atoms with Gasteiger partial charge in [-0.25, -0.2) is 4.98 Å². The van der Waals surface area contributed by atoms with E-state index in [2.05, 4.69) is 26.7 Å². The molecule has 0 bridgehead atoms. The molecule has 0 atom stereocenters. The second-order valence-electron chi connectivity index (χ2n) is 3.27. The second-order valence-corrected chi connectivity index (χ2v) is 4.02. The highest BCUT2D eigenvalue weighted by atomic mass is 32.1. The van der Waals surface area contributed by atoms with Gasteiger partial charge < -0.3 is 5.32 Å². The van der Waals surface area contributed by atoms with Crippen LogP contribution in [0.25, 0.3) is 0 Å². The van der Waals surface area contributed by atoms with Gasteiger partial charge in [0.05, 0.1) is 0 Å². The van der Waals surface area contributed by atoms with Gasteiger partial charge in [-0.3, -0.25) is 4.68 Å². The number of hydrogen-bond donors (Lipinski definition) is 1. The van der Waals surface area contributed by atoms with Crippen molar-refractivity contribution in [2.75, 3.05) is 5.32 Å². The number of aromatic nitrogens is 4. The molecule has 0 aliphatic rings. The molecule has 0 fully saturated rings. The monoisotopic (exact) mass is 223 g/mol. The van der Waals surface area contributed by atoms with E-state index in [0.717, 1.165) is 29.6 Å². The minimum Gasteiger partial charge on any atom is -0.313 e. The number of aryl methyl sites for hydroxylation is 2. The zero-order valence-electron chi connectivity index (χ0n) is 8.77. The third-order valence-electron chi connectivity index (χ3n) is 1.89. The van der Waals surface area contributed by atoms with Crippen molar-refractivity contribution in [2.24, 2.45) is 7.05 Å². The van der Waals surface area contributed by atoms with E-state index in [1.165, 1.54) is 11.5 Å². The van der Waals surface area contributed by atoms with Gasteiger partial charge in [-0.1, -0.05) is 6.92 Å². The normalized spacial score (nSPS) is 10.5. The Balaban J connectivity index is 2.04. The van der Waals surface area contributed by atoms with Crippen molar-refractivity contribution in [2.45, 2.75) is 19.8 Å². The highest BCUT2D eigenvalue weighted by Gasteiger charge is 2.04. The summed E-state index contributed by atoms with van der Waals surface area (Å²) in [5.41, 5.74) is 0. The van der Waals surface area contributed by atoms with Crippen LogP contribution in [0.15, 0.2) is 12.3 Å². The van der Waals surface area contributed by atoms with Gasteiger partial charge in [0.1, 0.15) is 5.82 Å². The molecule has 0 spiro atoms. The molecule has 15 heavy (non-hydrogen) atoms. The molecule has 2 aromatic rings. The summed E-state index contributed by atoms with van der Waals surface area (Å²) in [6.07, 6.45) is 3.89. The lowest BCUT2D eigenvalue weighted by atomic mass is 10.3. The number of nitrogens with one attached hydrogen (secondary N) is 1. The molecule has 2 aromatic heterocycles. The van der Waals surface area contributed by atoms with Crippen LogP contribution >= 0.6 is 11.5 Å². The fraction of sp³-hybridized carbons (Fsp3) is 0.444. The summed E-state index contributed by atoms with van der Waals surface area (Å²) >= 11 is 1.37. The van der Waals surface area contributed by atoms with Gasteiger partial charge in [-0.15, -0.1) is 0 Å². The fourth-order valence-corrected chi connectivity index (χ4v) is 1.84. The van der Waals surface area contributed by atoms with Crippen LogP contribution in [0, 0.1) is 0 Å². The van der Waals surface area contributed by atoms with Gasteiger partial charge in [-0.2, -0.15) is 9.47 Å². The Morgan fingerprint density at radius 1 is 1.53 bits per heavy atom. The summed E-state index contributed by atoms with van der Waals surface area (Å²) in [5.74, 6) is 1.71. The average molecular weight is 223 g/mol. The van der Waals surface area contributed by atoms with Gasteiger partial charge in [0.25, 0.3) is 0 Å². The maximum atomic E-state index is 4.35. The van der Waals surface area contributed by atoms with Crippen molar-refractivity contribution >= 4 is 22.5 Å². The minimum absolute atomic E-state index is 0.802. The van der Waals surface area contributed by atoms with Crippen LogP contribution in [-0.2, 0) is 13.5 Å². The van der Waals surface area contributed by atoms with Crippen molar-refractivity contribution in [1.82, 2.24) is 19.1 Å². The largest absolute Gasteiger partial charge is 0.313 e. The van der Waals surface area contributed by atoms with Gasteiger partial charge in [0.15, 0.2) is 5.82 Å². The molecule has 6 heteroatoms. The first-order valence-electron chi connectivity index (χ1n) is 4.87. The van der Waals surface area contributed by atoms with E-state index in [4.69, 9.17) is 0 Å². The van der Waals surface area contributed by atoms with Crippen LogP contribution in [-0.4, -0.2) is 19.1 Å². The fourth-order valence-electron chi connectivity index (χ4n) is 1.22. The summed E-state index contributed by atoms with van der Waals surface area (Å²) in [7, 11) is 1.88. The predicted molar refractivity (Wildman–Crippen MR) is 60.4 cm³/mol. The van der Waals surface area contributed by atoms with E-state index in [9.17, 15) is 0 Å². The van der Waals surface area contributed by atoms with Crippen molar-refractivity contribution in [3.8, 4) is 0 Å². The van der Waals surface area contributed by atoms with Crippen LogP contribution in [0.1, 0.15) is 19.2 Å².